The van der Waals surface area contributed by atoms with Gasteiger partial charge in [0.1, 0.15) is 5.75 Å². The van der Waals surface area contributed by atoms with E-state index in [0.29, 0.717) is 12.2 Å². The zero-order valence-corrected chi connectivity index (χ0v) is 18.8. The molecule has 7 heteroatoms. The Kier molecular flexibility index (Phi) is 7.65. The number of aryl methyl sites for hydroxylation is 2. The van der Waals surface area contributed by atoms with E-state index in [0.717, 1.165) is 48.6 Å². The van der Waals surface area contributed by atoms with Crippen molar-refractivity contribution in [2.24, 2.45) is 0 Å². The van der Waals surface area contributed by atoms with Gasteiger partial charge in [0.05, 0.1) is 13.2 Å². The van der Waals surface area contributed by atoms with Gasteiger partial charge in [-0.1, -0.05) is 30.3 Å². The lowest BCUT2D eigenvalue weighted by Gasteiger charge is -2.38. The molecule has 2 aromatic rings. The van der Waals surface area contributed by atoms with Crippen LogP contribution < -0.4 is 15.4 Å². The van der Waals surface area contributed by atoms with E-state index in [9.17, 15) is 9.59 Å². The van der Waals surface area contributed by atoms with Gasteiger partial charge in [0.25, 0.3) is 0 Å². The van der Waals surface area contributed by atoms with Crippen LogP contribution in [0.25, 0.3) is 0 Å². The van der Waals surface area contributed by atoms with Crippen molar-refractivity contribution in [2.75, 3.05) is 52.2 Å². The molecule has 31 heavy (non-hydrogen) atoms. The number of para-hydroxylation sites is 1. The number of nitrogens with one attached hydrogen (secondary N) is 2. The van der Waals surface area contributed by atoms with Crippen LogP contribution in [-0.2, 0) is 9.59 Å². The molecule has 166 valence electrons. The van der Waals surface area contributed by atoms with Crippen LogP contribution in [0.4, 0.5) is 5.69 Å². The van der Waals surface area contributed by atoms with Gasteiger partial charge in [-0.15, -0.1) is 0 Å². The van der Waals surface area contributed by atoms with Gasteiger partial charge in [-0.3, -0.25) is 14.5 Å². The van der Waals surface area contributed by atoms with Gasteiger partial charge in [-0.25, -0.2) is 0 Å². The molecular weight excluding hydrogens is 392 g/mol. The van der Waals surface area contributed by atoms with Crippen molar-refractivity contribution >= 4 is 17.5 Å². The van der Waals surface area contributed by atoms with E-state index >= 15 is 0 Å². The minimum absolute atomic E-state index is 0.0171. The maximum absolute atomic E-state index is 12.6. The summed E-state index contributed by atoms with van der Waals surface area (Å²) in [6.45, 7) is 7.91. The third kappa shape index (κ3) is 5.83. The summed E-state index contributed by atoms with van der Waals surface area (Å²) in [7, 11) is 3.75. The average molecular weight is 425 g/mol. The molecule has 2 N–H and O–H groups in total. The maximum Gasteiger partial charge on any atom is 0.313 e. The van der Waals surface area contributed by atoms with Crippen LogP contribution >= 0.6 is 0 Å². The molecule has 0 spiro atoms. The van der Waals surface area contributed by atoms with Crippen LogP contribution in [0.5, 0.6) is 5.75 Å². The van der Waals surface area contributed by atoms with Crippen molar-refractivity contribution in [3.63, 3.8) is 0 Å². The highest BCUT2D eigenvalue weighted by atomic mass is 16.5. The highest BCUT2D eigenvalue weighted by Crippen LogP contribution is 2.24. The standard InChI is InChI=1S/C24H32N4O3/c1-17-6-5-7-18(2)22(17)26-24(30)23(29)25-16-21(28-14-12-27(3)13-15-28)19-8-10-20(31-4)11-9-19/h5-11,21H,12-16H2,1-4H3,(H,25,29)(H,26,30)/t21-/m1/s1. The molecule has 2 aromatic carbocycles. The summed E-state index contributed by atoms with van der Waals surface area (Å²) in [6, 6.07) is 13.6. The van der Waals surface area contributed by atoms with Crippen LogP contribution in [0.1, 0.15) is 22.7 Å². The molecular formula is C24H32N4O3. The lowest BCUT2D eigenvalue weighted by molar-refractivity contribution is -0.136. The molecule has 1 atom stereocenters. The monoisotopic (exact) mass is 424 g/mol. The number of hydrogen-bond acceptors (Lipinski definition) is 5. The fraction of sp³-hybridized carbons (Fsp3) is 0.417. The van der Waals surface area contributed by atoms with Gasteiger partial charge in [0, 0.05) is 38.4 Å². The minimum Gasteiger partial charge on any atom is -0.497 e. The van der Waals surface area contributed by atoms with Crippen LogP contribution in [-0.4, -0.2) is 68.5 Å². The molecule has 3 rings (SSSR count). The second kappa shape index (κ2) is 10.4. The van der Waals surface area contributed by atoms with Gasteiger partial charge in [-0.05, 0) is 49.7 Å². The number of amides is 2. The number of rotatable bonds is 6. The van der Waals surface area contributed by atoms with E-state index in [1.807, 2.05) is 56.3 Å². The molecule has 1 heterocycles. The molecule has 1 aliphatic rings. The number of nitrogens with zero attached hydrogens (tertiary/aromatic N) is 2. The molecule has 1 aliphatic heterocycles. The summed E-state index contributed by atoms with van der Waals surface area (Å²) in [5.41, 5.74) is 3.62. The lowest BCUT2D eigenvalue weighted by atomic mass is 10.0. The van der Waals surface area contributed by atoms with Crippen molar-refractivity contribution in [3.05, 3.63) is 59.2 Å². The molecule has 0 aromatic heterocycles. The Labute approximate surface area is 184 Å². The molecule has 0 unspecified atom stereocenters. The SMILES string of the molecule is COc1ccc([C@@H](CNC(=O)C(=O)Nc2c(C)cccc2C)N2CCN(C)CC2)cc1. The summed E-state index contributed by atoms with van der Waals surface area (Å²) >= 11 is 0. The lowest BCUT2D eigenvalue weighted by Crippen LogP contribution is -2.49. The van der Waals surface area contributed by atoms with Gasteiger partial charge >= 0.3 is 11.8 Å². The maximum atomic E-state index is 12.6. The van der Waals surface area contributed by atoms with Crippen molar-refractivity contribution in [1.29, 1.82) is 0 Å². The van der Waals surface area contributed by atoms with Crippen LogP contribution in [0, 0.1) is 13.8 Å². The summed E-state index contributed by atoms with van der Waals surface area (Å²) in [5, 5.41) is 5.59. The number of carbonyl (C=O) groups excluding carboxylic acids is 2. The van der Waals surface area contributed by atoms with Crippen molar-refractivity contribution in [2.45, 2.75) is 19.9 Å². The van der Waals surface area contributed by atoms with Gasteiger partial charge < -0.3 is 20.3 Å². The molecule has 7 nitrogen and oxygen atoms in total. The Morgan fingerprint density at radius 3 is 2.16 bits per heavy atom. The number of methoxy groups -OCH3 is 1. The Bertz CT molecular complexity index is 885. The Morgan fingerprint density at radius 1 is 0.968 bits per heavy atom. The quantitative estimate of drug-likeness (QED) is 0.697. The Hall–Kier alpha value is -2.90. The molecule has 1 saturated heterocycles. The number of anilines is 1. The Morgan fingerprint density at radius 2 is 1.58 bits per heavy atom. The van der Waals surface area contributed by atoms with Gasteiger partial charge in [0.15, 0.2) is 0 Å². The number of hydrogen-bond donors (Lipinski definition) is 2. The number of piperazine rings is 1. The van der Waals surface area contributed by atoms with E-state index in [1.165, 1.54) is 0 Å². The van der Waals surface area contributed by atoms with Crippen molar-refractivity contribution in [3.8, 4) is 5.75 Å². The average Bonchev–Trinajstić information content (AvgIpc) is 2.77. The first-order chi connectivity index (χ1) is 14.9. The van der Waals surface area contributed by atoms with Crippen LogP contribution in [0.15, 0.2) is 42.5 Å². The van der Waals surface area contributed by atoms with Crippen LogP contribution in [0.2, 0.25) is 0 Å². The van der Waals surface area contributed by atoms with Crippen molar-refractivity contribution in [1.82, 2.24) is 15.1 Å². The largest absolute Gasteiger partial charge is 0.497 e. The molecule has 0 bridgehead atoms. The van der Waals surface area contributed by atoms with E-state index in [-0.39, 0.29) is 6.04 Å². The normalized spacial score (nSPS) is 15.9. The van der Waals surface area contributed by atoms with E-state index in [1.54, 1.807) is 7.11 Å². The number of ether oxygens (including phenoxy) is 1. The number of likely N-dealkylation sites (N-methyl/N-ethyl adjacent to an activating group) is 1. The molecule has 2 amide bonds. The zero-order valence-electron chi connectivity index (χ0n) is 18.8. The number of benzene rings is 2. The van der Waals surface area contributed by atoms with Crippen molar-refractivity contribution < 1.29 is 14.3 Å². The first kappa shape index (κ1) is 22.8. The first-order valence-corrected chi connectivity index (χ1v) is 10.6. The van der Waals surface area contributed by atoms with E-state index < -0.39 is 11.8 Å². The van der Waals surface area contributed by atoms with Gasteiger partial charge in [0.2, 0.25) is 0 Å². The van der Waals surface area contributed by atoms with E-state index in [2.05, 4.69) is 27.5 Å². The summed E-state index contributed by atoms with van der Waals surface area (Å²) in [4.78, 5) is 29.7. The fourth-order valence-corrected chi connectivity index (χ4v) is 3.87. The smallest absolute Gasteiger partial charge is 0.313 e. The number of carbonyl (C=O) groups is 2. The van der Waals surface area contributed by atoms with E-state index in [4.69, 9.17) is 4.74 Å². The third-order valence-electron chi connectivity index (χ3n) is 5.86. The second-order valence-corrected chi connectivity index (χ2v) is 8.06. The topological polar surface area (TPSA) is 73.9 Å². The predicted molar refractivity (Wildman–Crippen MR) is 122 cm³/mol. The third-order valence-corrected chi connectivity index (χ3v) is 5.86. The zero-order chi connectivity index (χ0) is 22.4. The highest BCUT2D eigenvalue weighted by molar-refractivity contribution is 6.39. The first-order valence-electron chi connectivity index (χ1n) is 10.6. The fourth-order valence-electron chi connectivity index (χ4n) is 3.87. The van der Waals surface area contributed by atoms with Gasteiger partial charge in [-0.2, -0.15) is 0 Å². The molecule has 0 saturated carbocycles. The summed E-state index contributed by atoms with van der Waals surface area (Å²) in [6.07, 6.45) is 0. The predicted octanol–water partition coefficient (Wildman–Crippen LogP) is 2.36. The molecule has 0 radical (unpaired) electrons. The minimum atomic E-state index is -0.649. The molecule has 0 aliphatic carbocycles. The Balaban J connectivity index is 1.68. The summed E-state index contributed by atoms with van der Waals surface area (Å²) in [5.74, 6) is -0.488. The highest BCUT2D eigenvalue weighted by Gasteiger charge is 2.25. The summed E-state index contributed by atoms with van der Waals surface area (Å²) < 4.78 is 5.27. The van der Waals surface area contributed by atoms with Crippen LogP contribution in [0.3, 0.4) is 0 Å². The second-order valence-electron chi connectivity index (χ2n) is 8.06. The molecule has 1 fully saturated rings.